The van der Waals surface area contributed by atoms with E-state index in [1.165, 1.54) is 5.56 Å². The molecule has 138 valence electrons. The molecule has 26 heavy (non-hydrogen) atoms. The van der Waals surface area contributed by atoms with Gasteiger partial charge < -0.3 is 4.90 Å². The number of hydrogen-bond donors (Lipinski definition) is 1. The number of amides is 1. The molecule has 0 saturated carbocycles. The molecule has 2 rings (SSSR count). The van der Waals surface area contributed by atoms with E-state index in [0.29, 0.717) is 5.92 Å². The van der Waals surface area contributed by atoms with Crippen LogP contribution >= 0.6 is 0 Å². The zero-order valence-corrected chi connectivity index (χ0v) is 16.4. The molecule has 4 nitrogen and oxygen atoms in total. The van der Waals surface area contributed by atoms with Crippen LogP contribution in [0.5, 0.6) is 0 Å². The summed E-state index contributed by atoms with van der Waals surface area (Å²) in [6, 6.07) is 16.3. The predicted molar refractivity (Wildman–Crippen MR) is 110 cm³/mol. The molecule has 0 bridgehead atoms. The number of carbonyl (C=O) groups is 1. The largest absolute Gasteiger partial charge is 0.378 e. The summed E-state index contributed by atoms with van der Waals surface area (Å²) >= 11 is 0. The van der Waals surface area contributed by atoms with Crippen molar-refractivity contribution < 1.29 is 4.79 Å². The molecular weight excluding hydrogens is 322 g/mol. The van der Waals surface area contributed by atoms with E-state index >= 15 is 0 Å². The third-order valence-corrected chi connectivity index (χ3v) is 4.31. The number of carbonyl (C=O) groups excluding carboxylic acids is 1. The van der Waals surface area contributed by atoms with Crippen LogP contribution in [0.4, 0.5) is 5.69 Å². The van der Waals surface area contributed by atoms with Crippen molar-refractivity contribution in [2.75, 3.05) is 19.0 Å². The Balaban J connectivity index is 1.92. The Kier molecular flexibility index (Phi) is 6.96. The van der Waals surface area contributed by atoms with E-state index in [4.69, 9.17) is 0 Å². The second-order valence-electron chi connectivity index (χ2n) is 7.28. The average molecular weight is 351 g/mol. The number of rotatable bonds is 7. The van der Waals surface area contributed by atoms with E-state index < -0.39 is 0 Å². The van der Waals surface area contributed by atoms with Gasteiger partial charge in [-0.1, -0.05) is 50.2 Å². The molecular formula is C22H29N3O. The lowest BCUT2D eigenvalue weighted by atomic mass is 9.96. The summed E-state index contributed by atoms with van der Waals surface area (Å²) < 4.78 is 0. The highest BCUT2D eigenvalue weighted by Crippen LogP contribution is 2.17. The topological polar surface area (TPSA) is 44.7 Å². The first-order valence-corrected chi connectivity index (χ1v) is 9.06. The summed E-state index contributed by atoms with van der Waals surface area (Å²) in [7, 11) is 4.00. The first-order valence-electron chi connectivity index (χ1n) is 9.06. The van der Waals surface area contributed by atoms with E-state index in [0.717, 1.165) is 23.2 Å². The van der Waals surface area contributed by atoms with Gasteiger partial charge in [0.25, 0.3) is 0 Å². The first-order chi connectivity index (χ1) is 12.4. The van der Waals surface area contributed by atoms with Crippen molar-refractivity contribution in [3.05, 3.63) is 65.2 Å². The van der Waals surface area contributed by atoms with Crippen molar-refractivity contribution in [1.82, 2.24) is 5.43 Å². The van der Waals surface area contributed by atoms with Crippen LogP contribution in [0.25, 0.3) is 0 Å². The van der Waals surface area contributed by atoms with Gasteiger partial charge in [-0.25, -0.2) is 5.43 Å². The number of anilines is 1. The molecule has 0 aliphatic rings. The smallest absolute Gasteiger partial charge is 0.247 e. The van der Waals surface area contributed by atoms with Gasteiger partial charge in [0, 0.05) is 19.8 Å². The zero-order valence-electron chi connectivity index (χ0n) is 16.4. The lowest BCUT2D eigenvalue weighted by Crippen LogP contribution is -2.23. The molecule has 0 saturated heterocycles. The van der Waals surface area contributed by atoms with E-state index in [9.17, 15) is 4.79 Å². The molecule has 1 atom stereocenters. The maximum atomic E-state index is 12.3. The number of hydrazone groups is 1. The quantitative estimate of drug-likeness (QED) is 0.600. The minimum absolute atomic E-state index is 0.109. The lowest BCUT2D eigenvalue weighted by Gasteiger charge is -2.12. The second kappa shape index (κ2) is 9.18. The highest BCUT2D eigenvalue weighted by atomic mass is 16.2. The fourth-order valence-electron chi connectivity index (χ4n) is 2.69. The first kappa shape index (κ1) is 19.7. The van der Waals surface area contributed by atoms with Crippen LogP contribution in [-0.4, -0.2) is 26.2 Å². The fraction of sp³-hybridized carbons (Fsp3) is 0.364. The van der Waals surface area contributed by atoms with Gasteiger partial charge in [0.15, 0.2) is 0 Å². The van der Waals surface area contributed by atoms with Gasteiger partial charge in [0.1, 0.15) is 0 Å². The molecule has 0 spiro atoms. The fourth-order valence-corrected chi connectivity index (χ4v) is 2.69. The van der Waals surface area contributed by atoms with Crippen LogP contribution in [0, 0.1) is 5.92 Å². The second-order valence-corrected chi connectivity index (χ2v) is 7.28. The van der Waals surface area contributed by atoms with Crippen molar-refractivity contribution in [3.8, 4) is 0 Å². The van der Waals surface area contributed by atoms with Crippen molar-refractivity contribution >= 4 is 17.8 Å². The average Bonchev–Trinajstić information content (AvgIpc) is 2.61. The molecule has 2 aromatic carbocycles. The van der Waals surface area contributed by atoms with Crippen molar-refractivity contribution in [2.45, 2.75) is 33.1 Å². The summed E-state index contributed by atoms with van der Waals surface area (Å²) in [6.07, 6.45) is 2.72. The van der Waals surface area contributed by atoms with Crippen molar-refractivity contribution in [1.29, 1.82) is 0 Å². The van der Waals surface area contributed by atoms with Crippen LogP contribution in [0.3, 0.4) is 0 Å². The number of nitrogens with one attached hydrogen (secondary N) is 1. The van der Waals surface area contributed by atoms with Crippen LogP contribution in [-0.2, 0) is 11.2 Å². The Hall–Kier alpha value is -2.62. The van der Waals surface area contributed by atoms with E-state index in [-0.39, 0.29) is 11.8 Å². The Bertz CT molecular complexity index is 731. The van der Waals surface area contributed by atoms with Gasteiger partial charge in [-0.3, -0.25) is 4.79 Å². The third kappa shape index (κ3) is 5.73. The Morgan fingerprint density at radius 1 is 1.04 bits per heavy atom. The molecule has 4 heteroatoms. The SMILES string of the molecule is CC(C)Cc1ccc([C@H](C)C(=O)NN=Cc2ccc(N(C)C)cc2)cc1. The summed E-state index contributed by atoms with van der Waals surface area (Å²) in [4.78, 5) is 14.3. The van der Waals surface area contributed by atoms with Crippen LogP contribution in [0.1, 0.15) is 43.4 Å². The molecule has 0 unspecified atom stereocenters. The van der Waals surface area contributed by atoms with Gasteiger partial charge in [0.05, 0.1) is 12.1 Å². The number of hydrogen-bond acceptors (Lipinski definition) is 3. The third-order valence-electron chi connectivity index (χ3n) is 4.31. The monoisotopic (exact) mass is 351 g/mol. The highest BCUT2D eigenvalue weighted by molar-refractivity contribution is 5.86. The van der Waals surface area contributed by atoms with E-state index in [2.05, 4.69) is 36.5 Å². The van der Waals surface area contributed by atoms with Gasteiger partial charge in [-0.05, 0) is 48.1 Å². The number of benzene rings is 2. The van der Waals surface area contributed by atoms with Gasteiger partial charge in [-0.2, -0.15) is 5.10 Å². The molecule has 2 aromatic rings. The molecule has 1 N–H and O–H groups in total. The molecule has 0 heterocycles. The summed E-state index contributed by atoms with van der Waals surface area (Å²) in [5, 5.41) is 4.08. The van der Waals surface area contributed by atoms with E-state index in [1.54, 1.807) is 6.21 Å². The molecule has 1 amide bonds. The molecule has 0 aromatic heterocycles. The van der Waals surface area contributed by atoms with Crippen LogP contribution < -0.4 is 10.3 Å². The maximum Gasteiger partial charge on any atom is 0.247 e. The normalized spacial score (nSPS) is 12.4. The van der Waals surface area contributed by atoms with Crippen molar-refractivity contribution in [2.24, 2.45) is 11.0 Å². The molecule has 0 aliphatic carbocycles. The minimum atomic E-state index is -0.239. The molecule has 0 fully saturated rings. The van der Waals surface area contributed by atoms with E-state index in [1.807, 2.05) is 62.3 Å². The van der Waals surface area contributed by atoms with Gasteiger partial charge in [0.2, 0.25) is 5.91 Å². The Labute approximate surface area is 156 Å². The standard InChI is InChI=1S/C22H29N3O/c1-16(2)14-18-6-10-20(11-7-18)17(3)22(26)24-23-15-19-8-12-21(13-9-19)25(4)5/h6-13,15-17H,14H2,1-5H3,(H,24,26)/t17-/m0/s1. The zero-order chi connectivity index (χ0) is 19.1. The Morgan fingerprint density at radius 2 is 1.65 bits per heavy atom. The summed E-state index contributed by atoms with van der Waals surface area (Å²) in [6.45, 7) is 6.31. The number of nitrogens with zero attached hydrogens (tertiary/aromatic N) is 2. The summed E-state index contributed by atoms with van der Waals surface area (Å²) in [5.74, 6) is 0.279. The van der Waals surface area contributed by atoms with Crippen LogP contribution in [0.2, 0.25) is 0 Å². The summed E-state index contributed by atoms with van der Waals surface area (Å²) in [5.41, 5.74) is 7.01. The Morgan fingerprint density at radius 3 is 2.19 bits per heavy atom. The van der Waals surface area contributed by atoms with Gasteiger partial charge >= 0.3 is 0 Å². The molecule has 0 aliphatic heterocycles. The minimum Gasteiger partial charge on any atom is -0.378 e. The predicted octanol–water partition coefficient (Wildman–Crippen LogP) is 4.20. The van der Waals surface area contributed by atoms with Crippen molar-refractivity contribution in [3.63, 3.8) is 0 Å². The van der Waals surface area contributed by atoms with Gasteiger partial charge in [-0.15, -0.1) is 0 Å². The maximum absolute atomic E-state index is 12.3. The molecule has 0 radical (unpaired) electrons. The van der Waals surface area contributed by atoms with Crippen LogP contribution in [0.15, 0.2) is 53.6 Å². The highest BCUT2D eigenvalue weighted by Gasteiger charge is 2.14. The lowest BCUT2D eigenvalue weighted by molar-refractivity contribution is -0.122.